The Hall–Kier alpha value is -0.860. The maximum atomic E-state index is 11.7. The molecule has 0 spiro atoms. The monoisotopic (exact) mass is 326 g/mol. The lowest BCUT2D eigenvalue weighted by Crippen LogP contribution is -2.12. The van der Waals surface area contributed by atoms with Crippen LogP contribution in [0, 0.1) is 0 Å². The summed E-state index contributed by atoms with van der Waals surface area (Å²) in [5.41, 5.74) is 0. The summed E-state index contributed by atoms with van der Waals surface area (Å²) in [5.74, 6) is -0.311. The van der Waals surface area contributed by atoms with Gasteiger partial charge >= 0.3 is 5.97 Å². The molecule has 3 heteroatoms. The van der Waals surface area contributed by atoms with E-state index in [4.69, 9.17) is 4.74 Å². The Balaban J connectivity index is 3.34. The van der Waals surface area contributed by atoms with Gasteiger partial charge in [0.15, 0.2) is 0 Å². The Morgan fingerprint density at radius 1 is 0.652 bits per heavy atom. The number of ether oxygens (including phenoxy) is 1. The standard InChI is InChI=1S/C20H38O3/c1-3-5-7-9-10-11-12-13-14-16-19(21)18-20(22)23-17-15-8-6-4-2/h3-18H2,1-2H3. The molecule has 0 saturated heterocycles. The largest absolute Gasteiger partial charge is 0.465 e. The quantitative estimate of drug-likeness (QED) is 0.187. The van der Waals surface area contributed by atoms with Gasteiger partial charge in [0.2, 0.25) is 0 Å². The van der Waals surface area contributed by atoms with Gasteiger partial charge in [-0.25, -0.2) is 0 Å². The lowest BCUT2D eigenvalue weighted by molar-refractivity contribution is -0.146. The van der Waals surface area contributed by atoms with Crippen LogP contribution in [0.15, 0.2) is 0 Å². The molecule has 0 aromatic rings. The van der Waals surface area contributed by atoms with Gasteiger partial charge in [0, 0.05) is 6.42 Å². The summed E-state index contributed by atoms with van der Waals surface area (Å²) in [4.78, 5) is 23.2. The number of esters is 1. The first-order valence-corrected chi connectivity index (χ1v) is 9.88. The third-order valence-corrected chi connectivity index (χ3v) is 4.16. The predicted molar refractivity (Wildman–Crippen MR) is 96.6 cm³/mol. The van der Waals surface area contributed by atoms with Crippen LogP contribution in [0.1, 0.15) is 110 Å². The van der Waals surface area contributed by atoms with E-state index in [-0.39, 0.29) is 18.2 Å². The van der Waals surface area contributed by atoms with E-state index in [0.717, 1.165) is 25.7 Å². The number of hydrogen-bond acceptors (Lipinski definition) is 3. The van der Waals surface area contributed by atoms with E-state index in [1.807, 2.05) is 0 Å². The van der Waals surface area contributed by atoms with Crippen LogP contribution in [0.25, 0.3) is 0 Å². The van der Waals surface area contributed by atoms with E-state index in [0.29, 0.717) is 13.0 Å². The Morgan fingerprint density at radius 3 is 1.70 bits per heavy atom. The van der Waals surface area contributed by atoms with Crippen LogP contribution in [-0.2, 0) is 14.3 Å². The zero-order valence-electron chi connectivity index (χ0n) is 15.5. The van der Waals surface area contributed by atoms with Gasteiger partial charge in [-0.05, 0) is 12.8 Å². The number of carbonyl (C=O) groups excluding carboxylic acids is 2. The molecule has 0 rings (SSSR count). The molecule has 23 heavy (non-hydrogen) atoms. The van der Waals surface area contributed by atoms with Crippen molar-refractivity contribution in [1.82, 2.24) is 0 Å². The van der Waals surface area contributed by atoms with Crippen molar-refractivity contribution in [2.45, 2.75) is 110 Å². The average Bonchev–Trinajstić information content (AvgIpc) is 2.53. The minimum atomic E-state index is -0.345. The molecule has 0 amide bonds. The summed E-state index contributed by atoms with van der Waals surface area (Å²) in [6.45, 7) is 4.85. The van der Waals surface area contributed by atoms with Crippen LogP contribution < -0.4 is 0 Å². The van der Waals surface area contributed by atoms with Gasteiger partial charge < -0.3 is 4.74 Å². The highest BCUT2D eigenvalue weighted by atomic mass is 16.5. The minimum absolute atomic E-state index is 0.0338. The van der Waals surface area contributed by atoms with Crippen molar-refractivity contribution < 1.29 is 14.3 Å². The topological polar surface area (TPSA) is 43.4 Å². The Bertz CT molecular complexity index is 287. The van der Waals surface area contributed by atoms with Gasteiger partial charge in [-0.3, -0.25) is 9.59 Å². The van der Waals surface area contributed by atoms with E-state index in [1.54, 1.807) is 0 Å². The molecule has 0 aliphatic heterocycles. The number of Topliss-reactive ketones (excluding diaryl/α,β-unsaturated/α-hetero) is 1. The highest BCUT2D eigenvalue weighted by molar-refractivity contribution is 5.95. The number of unbranched alkanes of at least 4 members (excludes halogenated alkanes) is 11. The Labute approximate surface area is 143 Å². The molecule has 0 heterocycles. The minimum Gasteiger partial charge on any atom is -0.465 e. The number of rotatable bonds is 17. The van der Waals surface area contributed by atoms with Gasteiger partial charge in [0.05, 0.1) is 6.61 Å². The molecule has 0 radical (unpaired) electrons. The second-order valence-electron chi connectivity index (χ2n) is 6.58. The normalized spacial score (nSPS) is 10.7. The summed E-state index contributed by atoms with van der Waals surface area (Å²) in [6.07, 6.45) is 16.0. The Kier molecular flexibility index (Phi) is 16.8. The van der Waals surface area contributed by atoms with E-state index < -0.39 is 0 Å². The van der Waals surface area contributed by atoms with Gasteiger partial charge in [-0.15, -0.1) is 0 Å². The lowest BCUT2D eigenvalue weighted by Gasteiger charge is -2.04. The van der Waals surface area contributed by atoms with Crippen molar-refractivity contribution >= 4 is 11.8 Å². The maximum Gasteiger partial charge on any atom is 0.313 e. The molecule has 0 fully saturated rings. The maximum absolute atomic E-state index is 11.7. The second-order valence-corrected chi connectivity index (χ2v) is 6.58. The molecular formula is C20H38O3. The van der Waals surface area contributed by atoms with Crippen molar-refractivity contribution in [3.05, 3.63) is 0 Å². The van der Waals surface area contributed by atoms with Crippen LogP contribution >= 0.6 is 0 Å². The number of ketones is 1. The molecule has 0 atom stereocenters. The fourth-order valence-electron chi connectivity index (χ4n) is 2.65. The molecule has 136 valence electrons. The molecule has 0 aromatic heterocycles. The predicted octanol–water partition coefficient (Wildman–Crippen LogP) is 5.99. The first kappa shape index (κ1) is 22.1. The van der Waals surface area contributed by atoms with E-state index in [9.17, 15) is 9.59 Å². The van der Waals surface area contributed by atoms with Crippen LogP contribution in [0.3, 0.4) is 0 Å². The van der Waals surface area contributed by atoms with E-state index in [2.05, 4.69) is 13.8 Å². The van der Waals surface area contributed by atoms with Crippen molar-refractivity contribution in [2.24, 2.45) is 0 Å². The smallest absolute Gasteiger partial charge is 0.313 e. The van der Waals surface area contributed by atoms with Crippen molar-refractivity contribution in [3.63, 3.8) is 0 Å². The molecule has 0 aliphatic rings. The second kappa shape index (κ2) is 17.5. The molecule has 0 aromatic carbocycles. The first-order valence-electron chi connectivity index (χ1n) is 9.88. The van der Waals surface area contributed by atoms with Crippen LogP contribution in [-0.4, -0.2) is 18.4 Å². The fourth-order valence-corrected chi connectivity index (χ4v) is 2.65. The first-order chi connectivity index (χ1) is 11.2. The molecular weight excluding hydrogens is 288 g/mol. The third-order valence-electron chi connectivity index (χ3n) is 4.16. The summed E-state index contributed by atoms with van der Waals surface area (Å²) < 4.78 is 5.09. The fraction of sp³-hybridized carbons (Fsp3) is 0.900. The highest BCUT2D eigenvalue weighted by Crippen LogP contribution is 2.11. The molecule has 3 nitrogen and oxygen atoms in total. The Morgan fingerprint density at radius 2 is 1.13 bits per heavy atom. The van der Waals surface area contributed by atoms with Gasteiger partial charge in [0.25, 0.3) is 0 Å². The molecule has 0 aliphatic carbocycles. The van der Waals surface area contributed by atoms with Crippen LogP contribution in [0.5, 0.6) is 0 Å². The van der Waals surface area contributed by atoms with E-state index >= 15 is 0 Å². The van der Waals surface area contributed by atoms with Crippen LogP contribution in [0.4, 0.5) is 0 Å². The van der Waals surface area contributed by atoms with Gasteiger partial charge in [0.1, 0.15) is 12.2 Å². The van der Waals surface area contributed by atoms with E-state index in [1.165, 1.54) is 57.8 Å². The molecule has 0 bridgehead atoms. The summed E-state index contributed by atoms with van der Waals surface area (Å²) >= 11 is 0. The van der Waals surface area contributed by atoms with Crippen LogP contribution in [0.2, 0.25) is 0 Å². The summed E-state index contributed by atoms with van der Waals surface area (Å²) in [7, 11) is 0. The number of carbonyl (C=O) groups is 2. The molecule has 0 N–H and O–H groups in total. The molecule has 0 saturated carbocycles. The average molecular weight is 327 g/mol. The van der Waals surface area contributed by atoms with Crippen molar-refractivity contribution in [1.29, 1.82) is 0 Å². The van der Waals surface area contributed by atoms with Crippen molar-refractivity contribution in [2.75, 3.05) is 6.61 Å². The SMILES string of the molecule is CCCCCCCCCCCC(=O)CC(=O)OCCCCCC. The third kappa shape index (κ3) is 17.3. The summed E-state index contributed by atoms with van der Waals surface area (Å²) in [6, 6.07) is 0. The lowest BCUT2D eigenvalue weighted by atomic mass is 10.0. The zero-order valence-corrected chi connectivity index (χ0v) is 15.5. The van der Waals surface area contributed by atoms with Gasteiger partial charge in [-0.2, -0.15) is 0 Å². The summed E-state index contributed by atoms with van der Waals surface area (Å²) in [5, 5.41) is 0. The van der Waals surface area contributed by atoms with Gasteiger partial charge in [-0.1, -0.05) is 84.5 Å². The highest BCUT2D eigenvalue weighted by Gasteiger charge is 2.10. The number of hydrogen-bond donors (Lipinski definition) is 0. The molecule has 0 unspecified atom stereocenters. The van der Waals surface area contributed by atoms with Crippen molar-refractivity contribution in [3.8, 4) is 0 Å². The zero-order chi connectivity index (χ0) is 17.2.